The van der Waals surface area contributed by atoms with Crippen LogP contribution in [0.5, 0.6) is 0 Å². The number of carbonyl (C=O) groups is 1. The van der Waals surface area contributed by atoms with E-state index in [9.17, 15) is 22.8 Å². The second-order valence-electron chi connectivity index (χ2n) is 7.16. The van der Waals surface area contributed by atoms with E-state index < -0.39 is 22.9 Å². The summed E-state index contributed by atoms with van der Waals surface area (Å²) in [6.45, 7) is 5.57. The molecule has 11 heteroatoms. The van der Waals surface area contributed by atoms with E-state index in [1.165, 1.54) is 16.7 Å². The molecule has 0 bridgehead atoms. The Kier molecular flexibility index (Phi) is 5.98. The van der Waals surface area contributed by atoms with E-state index in [4.69, 9.17) is 0 Å². The molecule has 0 aliphatic rings. The van der Waals surface area contributed by atoms with Crippen LogP contribution in [0.25, 0.3) is 16.7 Å². The van der Waals surface area contributed by atoms with Crippen molar-refractivity contribution in [1.82, 2.24) is 19.2 Å². The molecular formula is C22H18F3N5O2S. The number of anilines is 1. The summed E-state index contributed by atoms with van der Waals surface area (Å²) in [6, 6.07) is 11.2. The summed E-state index contributed by atoms with van der Waals surface area (Å²) in [5, 5.41) is 11.1. The third-order valence-corrected chi connectivity index (χ3v) is 5.96. The Morgan fingerprint density at radius 3 is 2.55 bits per heavy atom. The molecule has 33 heavy (non-hydrogen) atoms. The van der Waals surface area contributed by atoms with Gasteiger partial charge in [0.15, 0.2) is 5.16 Å². The number of halogens is 3. The SMILES string of the molecule is C=CCn1c(=O)c2ccccc2n2c(SC(C)C(=O)Nc3ccc(C(F)(F)F)cc3)nnc12. The molecule has 0 saturated carbocycles. The number of para-hydroxylation sites is 1. The summed E-state index contributed by atoms with van der Waals surface area (Å²) in [6.07, 6.45) is -2.87. The van der Waals surface area contributed by atoms with Crippen LogP contribution in [0.2, 0.25) is 0 Å². The van der Waals surface area contributed by atoms with E-state index in [2.05, 4.69) is 22.1 Å². The Morgan fingerprint density at radius 1 is 1.18 bits per heavy atom. The van der Waals surface area contributed by atoms with Crippen LogP contribution in [0.4, 0.5) is 18.9 Å². The maximum absolute atomic E-state index is 12.9. The van der Waals surface area contributed by atoms with Gasteiger partial charge in [0.25, 0.3) is 5.56 Å². The van der Waals surface area contributed by atoms with Crippen LogP contribution in [0.1, 0.15) is 12.5 Å². The zero-order chi connectivity index (χ0) is 23.8. The van der Waals surface area contributed by atoms with Gasteiger partial charge in [-0.25, -0.2) is 0 Å². The third kappa shape index (κ3) is 4.36. The van der Waals surface area contributed by atoms with Crippen molar-refractivity contribution in [3.63, 3.8) is 0 Å². The molecule has 1 unspecified atom stereocenters. The van der Waals surface area contributed by atoms with Gasteiger partial charge in [-0.1, -0.05) is 30.0 Å². The Hall–Kier alpha value is -3.60. The molecule has 0 radical (unpaired) electrons. The van der Waals surface area contributed by atoms with Gasteiger partial charge < -0.3 is 5.32 Å². The van der Waals surface area contributed by atoms with Crippen molar-refractivity contribution >= 4 is 40.0 Å². The van der Waals surface area contributed by atoms with Gasteiger partial charge in [0.05, 0.1) is 21.7 Å². The topological polar surface area (TPSA) is 81.3 Å². The number of fused-ring (bicyclic) bond motifs is 3. The summed E-state index contributed by atoms with van der Waals surface area (Å²) in [4.78, 5) is 25.5. The zero-order valence-electron chi connectivity index (χ0n) is 17.3. The molecule has 2 aromatic heterocycles. The standard InChI is InChI=1S/C22H18F3N5O2S/c1-3-12-29-19(32)16-6-4-5-7-17(16)30-20(29)27-28-21(30)33-13(2)18(31)26-15-10-8-14(9-11-15)22(23,24)25/h3-11,13H,1,12H2,2H3,(H,26,31). The van der Waals surface area contributed by atoms with Crippen molar-refractivity contribution in [2.75, 3.05) is 5.32 Å². The van der Waals surface area contributed by atoms with Crippen LogP contribution in [0.15, 0.2) is 71.1 Å². The minimum Gasteiger partial charge on any atom is -0.325 e. The van der Waals surface area contributed by atoms with E-state index in [-0.39, 0.29) is 17.8 Å². The second kappa shape index (κ2) is 8.74. The Morgan fingerprint density at radius 2 is 1.88 bits per heavy atom. The van der Waals surface area contributed by atoms with Crippen LogP contribution in [0.3, 0.4) is 0 Å². The molecule has 2 aromatic carbocycles. The molecule has 7 nitrogen and oxygen atoms in total. The maximum Gasteiger partial charge on any atom is 0.416 e. The number of rotatable bonds is 6. The normalized spacial score (nSPS) is 12.7. The van der Waals surface area contributed by atoms with Gasteiger partial charge in [0.1, 0.15) is 0 Å². The minimum absolute atomic E-state index is 0.227. The lowest BCUT2D eigenvalue weighted by Gasteiger charge is -2.13. The number of benzene rings is 2. The number of thioether (sulfide) groups is 1. The van der Waals surface area contributed by atoms with Crippen LogP contribution < -0.4 is 10.9 Å². The predicted molar refractivity (Wildman–Crippen MR) is 120 cm³/mol. The Labute approximate surface area is 189 Å². The lowest BCUT2D eigenvalue weighted by molar-refractivity contribution is -0.137. The molecule has 0 aliphatic heterocycles. The molecule has 0 spiro atoms. The van der Waals surface area contributed by atoms with Gasteiger partial charge in [0, 0.05) is 12.2 Å². The molecule has 170 valence electrons. The number of hydrogen-bond acceptors (Lipinski definition) is 5. The highest BCUT2D eigenvalue weighted by atomic mass is 32.2. The summed E-state index contributed by atoms with van der Waals surface area (Å²) in [5.74, 6) is -0.100. The number of alkyl halides is 3. The van der Waals surface area contributed by atoms with E-state index >= 15 is 0 Å². The molecule has 0 aliphatic carbocycles. The number of amides is 1. The first kappa shape index (κ1) is 22.6. The molecule has 1 N–H and O–H groups in total. The van der Waals surface area contributed by atoms with E-state index in [1.54, 1.807) is 41.7 Å². The van der Waals surface area contributed by atoms with Crippen LogP contribution in [0, 0.1) is 0 Å². The number of allylic oxidation sites excluding steroid dienone is 1. The van der Waals surface area contributed by atoms with Crippen molar-refractivity contribution < 1.29 is 18.0 Å². The fourth-order valence-corrected chi connectivity index (χ4v) is 4.16. The molecule has 4 aromatic rings. The average molecular weight is 473 g/mol. The van der Waals surface area contributed by atoms with Crippen molar-refractivity contribution in [2.45, 2.75) is 30.1 Å². The molecule has 0 fully saturated rings. The van der Waals surface area contributed by atoms with E-state index in [0.29, 0.717) is 21.8 Å². The lowest BCUT2D eigenvalue weighted by Crippen LogP contribution is -2.24. The molecule has 0 saturated heterocycles. The molecule has 2 heterocycles. The van der Waals surface area contributed by atoms with E-state index in [0.717, 1.165) is 23.9 Å². The molecule has 4 rings (SSSR count). The van der Waals surface area contributed by atoms with Gasteiger partial charge in [-0.05, 0) is 43.3 Å². The largest absolute Gasteiger partial charge is 0.416 e. The molecule has 1 atom stereocenters. The summed E-state index contributed by atoms with van der Waals surface area (Å²) in [7, 11) is 0. The predicted octanol–water partition coefficient (Wildman–Crippen LogP) is 4.37. The zero-order valence-corrected chi connectivity index (χ0v) is 18.2. The summed E-state index contributed by atoms with van der Waals surface area (Å²) < 4.78 is 41.3. The van der Waals surface area contributed by atoms with E-state index in [1.807, 2.05) is 0 Å². The molecule has 1 amide bonds. The van der Waals surface area contributed by atoms with Crippen molar-refractivity contribution in [2.24, 2.45) is 0 Å². The van der Waals surface area contributed by atoms with Gasteiger partial charge >= 0.3 is 6.18 Å². The Bertz CT molecular complexity index is 1410. The fourth-order valence-electron chi connectivity index (χ4n) is 3.30. The van der Waals surface area contributed by atoms with Crippen LogP contribution >= 0.6 is 11.8 Å². The fraction of sp³-hybridized carbons (Fsp3) is 0.182. The Balaban J connectivity index is 1.63. The molecular weight excluding hydrogens is 455 g/mol. The third-order valence-electron chi connectivity index (χ3n) is 4.92. The number of hydrogen-bond donors (Lipinski definition) is 1. The van der Waals surface area contributed by atoms with Crippen LogP contribution in [-0.2, 0) is 17.5 Å². The van der Waals surface area contributed by atoms with Gasteiger partial charge in [0.2, 0.25) is 11.7 Å². The van der Waals surface area contributed by atoms with Crippen molar-refractivity contribution in [3.8, 4) is 0 Å². The highest BCUT2D eigenvalue weighted by molar-refractivity contribution is 8.00. The van der Waals surface area contributed by atoms with Crippen LogP contribution in [-0.4, -0.2) is 30.3 Å². The van der Waals surface area contributed by atoms with Crippen molar-refractivity contribution in [1.29, 1.82) is 0 Å². The monoisotopic (exact) mass is 473 g/mol. The summed E-state index contributed by atoms with van der Waals surface area (Å²) in [5.41, 5.74) is -0.178. The number of carbonyl (C=O) groups excluding carboxylic acids is 1. The second-order valence-corrected chi connectivity index (χ2v) is 8.47. The number of nitrogens with one attached hydrogen (secondary N) is 1. The first-order valence-electron chi connectivity index (χ1n) is 9.83. The first-order chi connectivity index (χ1) is 15.7. The average Bonchev–Trinajstić information content (AvgIpc) is 3.20. The maximum atomic E-state index is 12.9. The quantitative estimate of drug-likeness (QED) is 0.332. The summed E-state index contributed by atoms with van der Waals surface area (Å²) >= 11 is 1.12. The highest BCUT2D eigenvalue weighted by Crippen LogP contribution is 2.30. The van der Waals surface area contributed by atoms with Gasteiger partial charge in [-0.2, -0.15) is 13.2 Å². The van der Waals surface area contributed by atoms with Gasteiger partial charge in [-0.15, -0.1) is 16.8 Å². The smallest absolute Gasteiger partial charge is 0.325 e. The van der Waals surface area contributed by atoms with Crippen molar-refractivity contribution in [3.05, 3.63) is 77.1 Å². The number of aromatic nitrogens is 4. The lowest BCUT2D eigenvalue weighted by atomic mass is 10.2. The van der Waals surface area contributed by atoms with Gasteiger partial charge in [-0.3, -0.25) is 18.6 Å². The number of nitrogens with zero attached hydrogens (tertiary/aromatic N) is 4. The minimum atomic E-state index is -4.45. The highest BCUT2D eigenvalue weighted by Gasteiger charge is 2.30. The first-order valence-corrected chi connectivity index (χ1v) is 10.7.